The van der Waals surface area contributed by atoms with Crippen molar-refractivity contribution in [3.63, 3.8) is 0 Å². The van der Waals surface area contributed by atoms with E-state index in [9.17, 15) is 10.2 Å². The third kappa shape index (κ3) is 16.4. The van der Waals surface area contributed by atoms with Gasteiger partial charge in [0.1, 0.15) is 5.75 Å². The molecule has 8 rings (SSSR count). The van der Waals surface area contributed by atoms with Crippen molar-refractivity contribution in [2.24, 2.45) is 20.5 Å². The fourth-order valence-corrected chi connectivity index (χ4v) is 4.81. The van der Waals surface area contributed by atoms with E-state index in [1.807, 2.05) is 115 Å². The van der Waals surface area contributed by atoms with Gasteiger partial charge in [-0.05, 0) is 73.0 Å². The summed E-state index contributed by atoms with van der Waals surface area (Å²) in [6, 6.07) is 47.2. The van der Waals surface area contributed by atoms with E-state index < -0.39 is 10.2 Å². The van der Waals surface area contributed by atoms with Crippen molar-refractivity contribution in [3.8, 4) is 11.5 Å². The van der Waals surface area contributed by atoms with Gasteiger partial charge in [0.25, 0.3) is 0 Å². The second-order valence-electron chi connectivity index (χ2n) is 11.6. The standard InChI is InChI=1S/C14H10N2O2.2C11H9N3.C7H8.ClHO4.Ru/c15-9-5-6-10(16)12-11(9)13(17)7-3-1-2-4-8(7)14(12)18;2*1-2-6-10(7-3-1)13-14-11-8-4-5-9-12-11;1-7-5-3-2-4-6-7;2-1(3,4)5;/h1-6,15-18H;2*1-9H;2-6H,1H3;(H,2,3,4,5);/q;;;;;+2/p-2. The van der Waals surface area contributed by atoms with Crippen LogP contribution >= 0.6 is 0 Å². The van der Waals surface area contributed by atoms with Crippen LogP contribution in [0.2, 0.25) is 0 Å². The molecule has 0 amide bonds. The molecule has 0 aliphatic heterocycles. The number of aromatic hydroxyl groups is 1. The summed E-state index contributed by atoms with van der Waals surface area (Å²) in [5.74, 6) is 0.838. The number of hydrogen-bond donors (Lipinski definition) is 3. The van der Waals surface area contributed by atoms with Crippen LogP contribution in [0.4, 0.5) is 23.0 Å². The molecule has 5 aromatic carbocycles. The molecule has 3 N–H and O–H groups in total. The summed E-state index contributed by atoms with van der Waals surface area (Å²) in [5.41, 5.74) is 3.34. The van der Waals surface area contributed by atoms with E-state index in [1.165, 1.54) is 17.7 Å². The summed E-state index contributed by atoms with van der Waals surface area (Å²) in [7, 11) is -4.94. The Labute approximate surface area is 354 Å². The van der Waals surface area contributed by atoms with Gasteiger partial charge in [0.2, 0.25) is 0 Å². The van der Waals surface area contributed by atoms with E-state index in [0.29, 0.717) is 22.4 Å². The molecule has 59 heavy (non-hydrogen) atoms. The van der Waals surface area contributed by atoms with Crippen LogP contribution in [-0.4, -0.2) is 26.5 Å². The summed E-state index contributed by atoms with van der Waals surface area (Å²) in [6.07, 6.45) is 6.21. The van der Waals surface area contributed by atoms with E-state index in [4.69, 9.17) is 29.5 Å². The first kappa shape index (κ1) is 46.7. The first-order valence-electron chi connectivity index (χ1n) is 17.1. The van der Waals surface area contributed by atoms with Crippen LogP contribution in [0.3, 0.4) is 0 Å². The summed E-state index contributed by atoms with van der Waals surface area (Å²) < 4.78 is 34.0. The maximum Gasteiger partial charge on any atom is 2.00 e. The van der Waals surface area contributed by atoms with E-state index in [2.05, 4.69) is 49.5 Å². The first-order chi connectivity index (χ1) is 27.9. The van der Waals surface area contributed by atoms with Gasteiger partial charge >= 0.3 is 19.5 Å². The van der Waals surface area contributed by atoms with Gasteiger partial charge in [0.15, 0.2) is 11.6 Å². The smallest absolute Gasteiger partial charge is 0.872 e. The molecule has 0 atom stereocenters. The Hall–Kier alpha value is -6.71. The molecule has 0 saturated heterocycles. The molecule has 0 saturated carbocycles. The van der Waals surface area contributed by atoms with Gasteiger partial charge in [-0.25, -0.2) is 28.6 Å². The second kappa shape index (κ2) is 24.2. The van der Waals surface area contributed by atoms with Crippen LogP contribution in [0.25, 0.3) is 10.8 Å². The van der Waals surface area contributed by atoms with E-state index in [0.717, 1.165) is 11.4 Å². The molecule has 298 valence electrons. The van der Waals surface area contributed by atoms with Gasteiger partial charge in [-0.1, -0.05) is 114 Å². The number of halogens is 1. The van der Waals surface area contributed by atoms with Gasteiger partial charge < -0.3 is 21.0 Å². The second-order valence-corrected chi connectivity index (χ2v) is 12.4. The Morgan fingerprint density at radius 1 is 0.508 bits per heavy atom. The number of pyridine rings is 2. The molecular formula is C43H35ClN8O6Ru. The number of phenols is 1. The van der Waals surface area contributed by atoms with Crippen LogP contribution in [0.15, 0.2) is 197 Å². The summed E-state index contributed by atoms with van der Waals surface area (Å²) >= 11 is 0. The van der Waals surface area contributed by atoms with Crippen molar-refractivity contribution in [2.45, 2.75) is 6.92 Å². The number of azo groups is 2. The maximum absolute atomic E-state index is 12.3. The third-order valence-electron chi connectivity index (χ3n) is 7.38. The number of fused-ring (bicyclic) bond motifs is 2. The molecule has 1 aliphatic carbocycles. The van der Waals surface area contributed by atoms with Crippen LogP contribution in [0.1, 0.15) is 16.7 Å². The average Bonchev–Trinajstić information content (AvgIpc) is 3.24. The predicted molar refractivity (Wildman–Crippen MR) is 209 cm³/mol. The Morgan fingerprint density at radius 2 is 0.881 bits per heavy atom. The largest absolute Gasteiger partial charge is 2.00 e. The Morgan fingerprint density at radius 3 is 1.27 bits per heavy atom. The molecule has 0 bridgehead atoms. The summed E-state index contributed by atoms with van der Waals surface area (Å²) in [4.78, 5) is 8.07. The predicted octanol–water partition coefficient (Wildman–Crippen LogP) is 6.16. The van der Waals surface area contributed by atoms with Crippen molar-refractivity contribution in [1.82, 2.24) is 9.97 Å². The molecule has 7 aromatic rings. The number of hydrogen-bond acceptors (Lipinski definition) is 14. The Kier molecular flexibility index (Phi) is 19.1. The molecule has 14 nitrogen and oxygen atoms in total. The number of nitrogens with one attached hydrogen (secondary N) is 2. The molecule has 1 aliphatic rings. The van der Waals surface area contributed by atoms with Crippen molar-refractivity contribution in [3.05, 3.63) is 193 Å². The van der Waals surface area contributed by atoms with Crippen LogP contribution < -0.4 is 23.7 Å². The summed E-state index contributed by atoms with van der Waals surface area (Å²) in [6.45, 7) is 2.08. The van der Waals surface area contributed by atoms with Gasteiger partial charge in [-0.2, -0.15) is 0 Å². The van der Waals surface area contributed by atoms with Crippen molar-refractivity contribution < 1.29 is 58.6 Å². The van der Waals surface area contributed by atoms with Crippen LogP contribution in [-0.2, 0) is 19.5 Å². The van der Waals surface area contributed by atoms with Crippen LogP contribution in [0.5, 0.6) is 11.5 Å². The quantitative estimate of drug-likeness (QED) is 0.136. The number of aryl methyl sites for hydroxylation is 1. The molecule has 16 heteroatoms. The normalized spacial score (nSPS) is 11.3. The number of allylic oxidation sites excluding steroid dienone is 2. The fourth-order valence-electron chi connectivity index (χ4n) is 4.81. The van der Waals surface area contributed by atoms with E-state index in [1.54, 1.807) is 36.7 Å². The Balaban J connectivity index is 0.000000208. The van der Waals surface area contributed by atoms with Crippen molar-refractivity contribution in [1.29, 1.82) is 10.8 Å². The number of nitrogens with zero attached hydrogens (tertiary/aromatic N) is 6. The van der Waals surface area contributed by atoms with Gasteiger partial charge in [-0.3, -0.25) is 0 Å². The number of aromatic nitrogens is 2. The number of phenolic OH excluding ortho intramolecular Hbond substituents is 1. The maximum atomic E-state index is 12.3. The van der Waals surface area contributed by atoms with Crippen molar-refractivity contribution >= 4 is 45.2 Å². The van der Waals surface area contributed by atoms with Gasteiger partial charge in [0, 0.05) is 23.3 Å². The Bertz CT molecular complexity index is 2220. The number of rotatable bonds is 4. The molecule has 0 fully saturated rings. The van der Waals surface area contributed by atoms with E-state index in [-0.39, 0.29) is 53.5 Å². The zero-order chi connectivity index (χ0) is 41.8. The topological polar surface area (TPSA) is 258 Å². The average molecular weight is 896 g/mol. The SMILES string of the molecule is Cc1ccccc1.N=C1C=CC(=N)c2c1c([O-])c1ccccc1c2O.[O-][Cl+3]([O-])([O-])[O-].[Ru+2].c1ccc(N=Nc2ccccn2)cc1.c1ccc(N=Nc2ccccn2)cc1. The minimum absolute atomic E-state index is 0. The number of benzene rings is 5. The molecule has 2 aromatic heterocycles. The summed E-state index contributed by atoms with van der Waals surface area (Å²) in [5, 5.41) is 54.9. The van der Waals surface area contributed by atoms with Gasteiger partial charge in [-0.15, -0.1) is 30.7 Å². The molecule has 0 unspecified atom stereocenters. The van der Waals surface area contributed by atoms with Crippen molar-refractivity contribution in [2.75, 3.05) is 0 Å². The fraction of sp³-hybridized carbons (Fsp3) is 0.0233. The first-order valence-corrected chi connectivity index (χ1v) is 18.3. The van der Waals surface area contributed by atoms with Crippen LogP contribution in [0, 0.1) is 28.0 Å². The molecule has 2 heterocycles. The minimum Gasteiger partial charge on any atom is -0.872 e. The molecule has 0 radical (unpaired) electrons. The van der Waals surface area contributed by atoms with Gasteiger partial charge in [0.05, 0.1) is 28.4 Å². The third-order valence-corrected chi connectivity index (χ3v) is 7.38. The monoisotopic (exact) mass is 896 g/mol. The van der Waals surface area contributed by atoms with E-state index >= 15 is 0 Å². The minimum atomic E-state index is -4.94. The zero-order valence-corrected chi connectivity index (χ0v) is 33.6. The zero-order valence-electron chi connectivity index (χ0n) is 31.1. The molecular weight excluding hydrogens is 861 g/mol. The molecule has 0 spiro atoms.